The van der Waals surface area contributed by atoms with Gasteiger partial charge in [0.05, 0.1) is 16.5 Å². The highest BCUT2D eigenvalue weighted by molar-refractivity contribution is 9.10. The molecule has 1 heterocycles. The van der Waals surface area contributed by atoms with E-state index >= 15 is 0 Å². The van der Waals surface area contributed by atoms with Gasteiger partial charge in [0.2, 0.25) is 0 Å². The van der Waals surface area contributed by atoms with Crippen LogP contribution in [-0.2, 0) is 0 Å². The van der Waals surface area contributed by atoms with Gasteiger partial charge in [0.25, 0.3) is 11.5 Å². The molecule has 0 atom stereocenters. The number of rotatable bonds is 3. The maximum Gasteiger partial charge on any atom is 0.259 e. The van der Waals surface area contributed by atoms with E-state index < -0.39 is 5.91 Å². The predicted molar refractivity (Wildman–Crippen MR) is 161 cm³/mol. The van der Waals surface area contributed by atoms with Crippen molar-refractivity contribution in [3.63, 3.8) is 0 Å². The summed E-state index contributed by atoms with van der Waals surface area (Å²) in [4.78, 5) is 40.0. The number of benzene rings is 4. The van der Waals surface area contributed by atoms with Gasteiger partial charge < -0.3 is 16.5 Å². The monoisotopic (exact) mass is 636 g/mol. The van der Waals surface area contributed by atoms with Crippen LogP contribution in [0.15, 0.2) is 111 Å². The maximum absolute atomic E-state index is 12.0. The van der Waals surface area contributed by atoms with Crippen molar-refractivity contribution in [3.8, 4) is 11.4 Å². The Morgan fingerprint density at radius 2 is 1.42 bits per heavy atom. The molecule has 194 valence electrons. The number of nitrogens with one attached hydrogen (secondary N) is 1. The number of primary amides is 1. The lowest BCUT2D eigenvalue weighted by atomic mass is 10.2. The number of nitrogen functional groups attached to an aromatic ring is 1. The quantitative estimate of drug-likeness (QED) is 0.151. The van der Waals surface area contributed by atoms with E-state index in [-0.39, 0.29) is 13.0 Å². The van der Waals surface area contributed by atoms with Gasteiger partial charge in [0, 0.05) is 25.8 Å². The number of halogens is 2. The zero-order valence-corrected chi connectivity index (χ0v) is 22.6. The van der Waals surface area contributed by atoms with Gasteiger partial charge in [-0.2, -0.15) is 0 Å². The molecule has 0 bridgehead atoms. The third kappa shape index (κ3) is 8.50. The number of fused-ring (bicyclic) bond motifs is 1. The van der Waals surface area contributed by atoms with Crippen LogP contribution in [0.25, 0.3) is 22.3 Å². The molecule has 1 amide bonds. The first-order valence-corrected chi connectivity index (χ1v) is 12.5. The second kappa shape index (κ2) is 14.6. The summed E-state index contributed by atoms with van der Waals surface area (Å²) < 4.78 is 1.66. The van der Waals surface area contributed by atoms with Gasteiger partial charge in [0.1, 0.15) is 12.1 Å². The number of nitrogens with zero attached hydrogens (tertiary/aromatic N) is 1. The summed E-state index contributed by atoms with van der Waals surface area (Å²) in [5.41, 5.74) is 13.5. The number of H-pyrrole nitrogens is 1. The Labute approximate surface area is 237 Å². The first-order chi connectivity index (χ1) is 17.8. The number of aromatic nitrogens is 2. The standard InChI is InChI=1S/C14H9BrN2O.C7H7BrN2O.C7H6O.CH4/c15-10-6-7-12-11(8-10)14(18)17-13(16-12)9-4-2-1-3-5-9;8-4-1-2-6(9)5(3-4)7(10)11;8-6-7-4-2-1-3-5-7;/h1-8H,(H,16,17,18);1-3H,9H2,(H2,10,11);1-6H;1H4. The highest BCUT2D eigenvalue weighted by atomic mass is 79.9. The van der Waals surface area contributed by atoms with Crippen LogP contribution in [0.3, 0.4) is 0 Å². The van der Waals surface area contributed by atoms with E-state index in [1.807, 2.05) is 60.7 Å². The van der Waals surface area contributed by atoms with E-state index in [4.69, 9.17) is 11.5 Å². The Morgan fingerprint density at radius 1 is 0.842 bits per heavy atom. The highest BCUT2D eigenvalue weighted by Crippen LogP contribution is 2.19. The molecule has 5 rings (SSSR count). The minimum Gasteiger partial charge on any atom is -0.398 e. The van der Waals surface area contributed by atoms with Crippen molar-refractivity contribution in [2.75, 3.05) is 5.73 Å². The van der Waals surface area contributed by atoms with Gasteiger partial charge >= 0.3 is 0 Å². The Hall–Kier alpha value is -4.08. The number of hydrogen-bond acceptors (Lipinski definition) is 5. The summed E-state index contributed by atoms with van der Waals surface area (Å²) in [5.74, 6) is 0.0826. The molecule has 0 radical (unpaired) electrons. The van der Waals surface area contributed by atoms with E-state index in [1.54, 1.807) is 36.4 Å². The SMILES string of the molecule is C.NC(=O)c1cc(Br)ccc1N.O=Cc1ccccc1.O=c1[nH]c(-c2ccccc2)nc2ccc(Br)cc12. The number of anilines is 1. The fourth-order valence-corrected chi connectivity index (χ4v) is 3.84. The first-order valence-electron chi connectivity index (χ1n) is 10.9. The summed E-state index contributed by atoms with van der Waals surface area (Å²) in [7, 11) is 0. The van der Waals surface area contributed by atoms with E-state index in [0.29, 0.717) is 28.0 Å². The molecule has 0 aliphatic rings. The average molecular weight is 638 g/mol. The lowest BCUT2D eigenvalue weighted by Crippen LogP contribution is -2.13. The first kappa shape index (κ1) is 30.1. The molecule has 7 nitrogen and oxygen atoms in total. The molecule has 0 spiro atoms. The fourth-order valence-electron chi connectivity index (χ4n) is 3.12. The molecule has 0 aliphatic heterocycles. The number of hydrogen-bond donors (Lipinski definition) is 3. The number of carbonyl (C=O) groups is 2. The van der Waals surface area contributed by atoms with Gasteiger partial charge in [-0.05, 0) is 36.4 Å². The van der Waals surface area contributed by atoms with Crippen LogP contribution in [0, 0.1) is 0 Å². The maximum atomic E-state index is 12.0. The minimum atomic E-state index is -0.510. The molecule has 0 fully saturated rings. The van der Waals surface area contributed by atoms with Gasteiger partial charge in [-0.25, -0.2) is 4.98 Å². The third-order valence-electron chi connectivity index (χ3n) is 4.93. The Kier molecular flexibility index (Phi) is 11.6. The molecule has 0 unspecified atom stereocenters. The Balaban J connectivity index is 0.000000218. The lowest BCUT2D eigenvalue weighted by molar-refractivity contribution is 0.100. The van der Waals surface area contributed by atoms with Crippen LogP contribution in [0.5, 0.6) is 0 Å². The number of aldehydes is 1. The second-order valence-electron chi connectivity index (χ2n) is 7.57. The van der Waals surface area contributed by atoms with E-state index in [1.165, 1.54) is 0 Å². The summed E-state index contributed by atoms with van der Waals surface area (Å²) in [6, 6.07) is 29.2. The van der Waals surface area contributed by atoms with E-state index in [2.05, 4.69) is 41.8 Å². The number of amides is 1. The number of aromatic amines is 1. The molecule has 0 saturated heterocycles. The van der Waals surface area contributed by atoms with Gasteiger partial charge in [-0.1, -0.05) is 100.0 Å². The number of carbonyl (C=O) groups excluding carboxylic acids is 2. The molecule has 38 heavy (non-hydrogen) atoms. The molecule has 1 aromatic heterocycles. The molecule has 5 N–H and O–H groups in total. The summed E-state index contributed by atoms with van der Waals surface area (Å²) in [6.45, 7) is 0. The van der Waals surface area contributed by atoms with Crippen molar-refractivity contribution in [1.29, 1.82) is 0 Å². The predicted octanol–water partition coefficient (Wildman–Crippen LogP) is 6.62. The highest BCUT2D eigenvalue weighted by Gasteiger charge is 2.06. The van der Waals surface area contributed by atoms with Crippen LogP contribution in [0.1, 0.15) is 28.1 Å². The summed E-state index contributed by atoms with van der Waals surface area (Å²) >= 11 is 6.55. The Bertz CT molecular complexity index is 1570. The van der Waals surface area contributed by atoms with Crippen molar-refractivity contribution < 1.29 is 9.59 Å². The topological polar surface area (TPSA) is 132 Å². The smallest absolute Gasteiger partial charge is 0.259 e. The van der Waals surface area contributed by atoms with Crippen molar-refractivity contribution in [3.05, 3.63) is 127 Å². The Morgan fingerprint density at radius 3 is 1.97 bits per heavy atom. The van der Waals surface area contributed by atoms with Crippen LogP contribution in [-0.4, -0.2) is 22.2 Å². The van der Waals surface area contributed by atoms with Crippen molar-refractivity contribution >= 4 is 60.6 Å². The summed E-state index contributed by atoms with van der Waals surface area (Å²) in [6.07, 6.45) is 0.833. The second-order valence-corrected chi connectivity index (χ2v) is 9.40. The van der Waals surface area contributed by atoms with Crippen molar-refractivity contribution in [2.45, 2.75) is 7.43 Å². The van der Waals surface area contributed by atoms with Gasteiger partial charge in [0.15, 0.2) is 0 Å². The zero-order valence-electron chi connectivity index (χ0n) is 19.4. The van der Waals surface area contributed by atoms with Crippen LogP contribution < -0.4 is 17.0 Å². The third-order valence-corrected chi connectivity index (χ3v) is 5.92. The van der Waals surface area contributed by atoms with Crippen molar-refractivity contribution in [2.24, 2.45) is 5.73 Å². The molecule has 5 aromatic rings. The minimum absolute atomic E-state index is 0. The zero-order chi connectivity index (χ0) is 26.8. The number of nitrogens with two attached hydrogens (primary N) is 2. The van der Waals surface area contributed by atoms with Gasteiger partial charge in [-0.15, -0.1) is 0 Å². The summed E-state index contributed by atoms with van der Waals surface area (Å²) in [5, 5.41) is 0.587. The lowest BCUT2D eigenvalue weighted by Gasteiger charge is -2.03. The van der Waals surface area contributed by atoms with Crippen LogP contribution >= 0.6 is 31.9 Å². The molecule has 9 heteroatoms. The van der Waals surface area contributed by atoms with Gasteiger partial charge in [-0.3, -0.25) is 14.4 Å². The molecule has 4 aromatic carbocycles. The van der Waals surface area contributed by atoms with Crippen molar-refractivity contribution in [1.82, 2.24) is 9.97 Å². The van der Waals surface area contributed by atoms with Crippen LogP contribution in [0.4, 0.5) is 5.69 Å². The molecular formula is C29H26Br2N4O3. The molecular weight excluding hydrogens is 612 g/mol. The normalized spacial score (nSPS) is 9.63. The average Bonchev–Trinajstić information content (AvgIpc) is 2.92. The van der Waals surface area contributed by atoms with E-state index in [9.17, 15) is 14.4 Å². The van der Waals surface area contributed by atoms with E-state index in [0.717, 1.165) is 26.4 Å². The molecule has 0 aliphatic carbocycles. The largest absolute Gasteiger partial charge is 0.398 e. The van der Waals surface area contributed by atoms with Crippen LogP contribution in [0.2, 0.25) is 0 Å². The molecule has 0 saturated carbocycles. The fraction of sp³-hybridized carbons (Fsp3) is 0.0345.